The molecule has 5 nitrogen and oxygen atoms in total. The predicted octanol–water partition coefficient (Wildman–Crippen LogP) is 4.96. The molecule has 1 aromatic heterocycles. The third-order valence-corrected chi connectivity index (χ3v) is 4.35. The van der Waals surface area contributed by atoms with Crippen molar-refractivity contribution in [2.24, 2.45) is 0 Å². The second-order valence-corrected chi connectivity index (χ2v) is 6.21. The average molecular weight is 361 g/mol. The molecule has 5 heteroatoms. The highest BCUT2D eigenvalue weighted by atomic mass is 16.5. The van der Waals surface area contributed by atoms with Gasteiger partial charge in [0.25, 0.3) is 5.91 Å². The molecule has 0 spiro atoms. The number of carbonyl (C=O) groups is 1. The number of nitrogens with one attached hydrogen (secondary N) is 2. The molecule has 0 aliphatic heterocycles. The van der Waals surface area contributed by atoms with E-state index < -0.39 is 0 Å². The van der Waals surface area contributed by atoms with Gasteiger partial charge < -0.3 is 15.4 Å². The molecular formula is C22H23N3O2. The van der Waals surface area contributed by atoms with E-state index in [9.17, 15) is 4.79 Å². The van der Waals surface area contributed by atoms with E-state index in [1.165, 1.54) is 11.1 Å². The predicted molar refractivity (Wildman–Crippen MR) is 109 cm³/mol. The summed E-state index contributed by atoms with van der Waals surface area (Å²) in [7, 11) is 1.57. The van der Waals surface area contributed by atoms with E-state index >= 15 is 0 Å². The molecule has 0 aliphatic carbocycles. The normalized spacial score (nSPS) is 10.3. The molecule has 0 atom stereocenters. The first-order valence-electron chi connectivity index (χ1n) is 8.87. The number of rotatable bonds is 6. The molecular weight excluding hydrogens is 338 g/mol. The zero-order chi connectivity index (χ0) is 19.2. The van der Waals surface area contributed by atoms with Gasteiger partial charge in [-0.3, -0.25) is 4.79 Å². The van der Waals surface area contributed by atoms with Crippen molar-refractivity contribution in [2.45, 2.75) is 20.3 Å². The van der Waals surface area contributed by atoms with E-state index in [0.29, 0.717) is 17.1 Å². The number of benzene rings is 2. The van der Waals surface area contributed by atoms with E-state index in [4.69, 9.17) is 4.74 Å². The lowest BCUT2D eigenvalue weighted by Crippen LogP contribution is -2.13. The molecule has 0 saturated heterocycles. The quantitative estimate of drug-likeness (QED) is 0.651. The van der Waals surface area contributed by atoms with Gasteiger partial charge in [0.05, 0.1) is 19.0 Å². The Bertz CT molecular complexity index is 937. The van der Waals surface area contributed by atoms with Crippen LogP contribution in [0, 0.1) is 6.92 Å². The molecule has 0 radical (unpaired) electrons. The second kappa shape index (κ2) is 8.36. The third kappa shape index (κ3) is 4.44. The summed E-state index contributed by atoms with van der Waals surface area (Å²) in [6.45, 7) is 4.22. The highest BCUT2D eigenvalue weighted by Gasteiger charge is 2.09. The zero-order valence-corrected chi connectivity index (χ0v) is 15.7. The molecule has 1 heterocycles. The Morgan fingerprint density at radius 2 is 1.93 bits per heavy atom. The first-order chi connectivity index (χ1) is 13.1. The minimum absolute atomic E-state index is 0.228. The van der Waals surface area contributed by atoms with Gasteiger partial charge in [0.15, 0.2) is 0 Å². The first kappa shape index (κ1) is 18.5. The monoisotopic (exact) mass is 361 g/mol. The second-order valence-electron chi connectivity index (χ2n) is 6.21. The summed E-state index contributed by atoms with van der Waals surface area (Å²) in [6.07, 6.45) is 2.67. The standard InChI is InChI=1S/C22H23N3O2/c1-4-16-8-5-7-15(2)21(16)24-18-11-12-20(23-14-18)25-22(26)17-9-6-10-19(13-17)27-3/h5-14,24H,4H2,1-3H3,(H,23,25,26). The molecule has 3 aromatic rings. The Balaban J connectivity index is 1.71. The minimum atomic E-state index is -0.228. The van der Waals surface area contributed by atoms with Crippen molar-refractivity contribution in [2.75, 3.05) is 17.7 Å². The number of carbonyl (C=O) groups excluding carboxylic acids is 1. The SMILES string of the molecule is CCc1cccc(C)c1Nc1ccc(NC(=O)c2cccc(OC)c2)nc1. The first-order valence-corrected chi connectivity index (χ1v) is 8.87. The Labute approximate surface area is 159 Å². The number of nitrogens with zero attached hydrogens (tertiary/aromatic N) is 1. The summed E-state index contributed by atoms with van der Waals surface area (Å²) >= 11 is 0. The Kier molecular flexibility index (Phi) is 5.71. The number of ether oxygens (including phenoxy) is 1. The Hall–Kier alpha value is -3.34. The molecule has 0 saturated carbocycles. The molecule has 0 bridgehead atoms. The van der Waals surface area contributed by atoms with Crippen molar-refractivity contribution in [3.8, 4) is 5.75 Å². The Morgan fingerprint density at radius 3 is 2.63 bits per heavy atom. The molecule has 2 N–H and O–H groups in total. The summed E-state index contributed by atoms with van der Waals surface area (Å²) in [4.78, 5) is 16.7. The lowest BCUT2D eigenvalue weighted by Gasteiger charge is -2.14. The van der Waals surface area contributed by atoms with E-state index in [2.05, 4.69) is 47.7 Å². The number of amides is 1. The highest BCUT2D eigenvalue weighted by molar-refractivity contribution is 6.04. The van der Waals surface area contributed by atoms with Crippen LogP contribution in [0.15, 0.2) is 60.8 Å². The molecule has 0 aliphatic rings. The third-order valence-electron chi connectivity index (χ3n) is 4.35. The summed E-state index contributed by atoms with van der Waals surface area (Å²) in [5.41, 5.74) is 4.94. The number of pyridine rings is 1. The molecule has 138 valence electrons. The van der Waals surface area contributed by atoms with Crippen molar-refractivity contribution in [3.63, 3.8) is 0 Å². The lowest BCUT2D eigenvalue weighted by atomic mass is 10.1. The van der Waals surface area contributed by atoms with Crippen LogP contribution in [0.25, 0.3) is 0 Å². The molecule has 0 unspecified atom stereocenters. The largest absolute Gasteiger partial charge is 0.497 e. The van der Waals surface area contributed by atoms with Crippen molar-refractivity contribution < 1.29 is 9.53 Å². The smallest absolute Gasteiger partial charge is 0.256 e. The van der Waals surface area contributed by atoms with Crippen LogP contribution in [0.4, 0.5) is 17.2 Å². The molecule has 3 rings (SSSR count). The van der Waals surface area contributed by atoms with Gasteiger partial charge in [-0.1, -0.05) is 31.2 Å². The number of para-hydroxylation sites is 1. The van der Waals surface area contributed by atoms with Gasteiger partial charge in [-0.15, -0.1) is 0 Å². The van der Waals surface area contributed by atoms with Crippen LogP contribution >= 0.6 is 0 Å². The molecule has 0 fully saturated rings. The lowest BCUT2D eigenvalue weighted by molar-refractivity contribution is 0.102. The van der Waals surface area contributed by atoms with E-state index in [1.807, 2.05) is 6.07 Å². The summed E-state index contributed by atoms with van der Waals surface area (Å²) in [6, 6.07) is 16.9. The fourth-order valence-corrected chi connectivity index (χ4v) is 2.84. The van der Waals surface area contributed by atoms with Crippen LogP contribution < -0.4 is 15.4 Å². The van der Waals surface area contributed by atoms with Gasteiger partial charge in [0.1, 0.15) is 11.6 Å². The highest BCUT2D eigenvalue weighted by Crippen LogP contribution is 2.25. The van der Waals surface area contributed by atoms with Gasteiger partial charge in [-0.05, 0) is 54.8 Å². The average Bonchev–Trinajstić information content (AvgIpc) is 2.70. The van der Waals surface area contributed by atoms with E-state index in [1.54, 1.807) is 43.6 Å². The maximum atomic E-state index is 12.4. The fourth-order valence-electron chi connectivity index (χ4n) is 2.84. The number of hydrogen-bond acceptors (Lipinski definition) is 4. The molecule has 27 heavy (non-hydrogen) atoms. The van der Waals surface area contributed by atoms with Crippen LogP contribution in [0.3, 0.4) is 0 Å². The van der Waals surface area contributed by atoms with Gasteiger partial charge in [-0.2, -0.15) is 0 Å². The zero-order valence-electron chi connectivity index (χ0n) is 15.7. The number of aromatic nitrogens is 1. The van der Waals surface area contributed by atoms with Gasteiger partial charge in [-0.25, -0.2) is 4.98 Å². The fraction of sp³-hybridized carbons (Fsp3) is 0.182. The van der Waals surface area contributed by atoms with Crippen molar-refractivity contribution >= 4 is 23.1 Å². The number of anilines is 3. The van der Waals surface area contributed by atoms with E-state index in [0.717, 1.165) is 17.8 Å². The number of hydrogen-bond donors (Lipinski definition) is 2. The topological polar surface area (TPSA) is 63.2 Å². The van der Waals surface area contributed by atoms with Crippen LogP contribution in [-0.2, 0) is 6.42 Å². The molecule has 1 amide bonds. The summed E-state index contributed by atoms with van der Waals surface area (Å²) < 4.78 is 5.15. The van der Waals surface area contributed by atoms with E-state index in [-0.39, 0.29) is 5.91 Å². The van der Waals surface area contributed by atoms with Crippen molar-refractivity contribution in [1.82, 2.24) is 4.98 Å². The summed E-state index contributed by atoms with van der Waals surface area (Å²) in [5, 5.41) is 6.23. The van der Waals surface area contributed by atoms with Gasteiger partial charge in [0, 0.05) is 11.3 Å². The number of methoxy groups -OCH3 is 1. The maximum absolute atomic E-state index is 12.4. The van der Waals surface area contributed by atoms with Gasteiger partial charge >= 0.3 is 0 Å². The van der Waals surface area contributed by atoms with Crippen molar-refractivity contribution in [3.05, 3.63) is 77.5 Å². The number of aryl methyl sites for hydroxylation is 2. The van der Waals surface area contributed by atoms with Crippen LogP contribution in [0.1, 0.15) is 28.4 Å². The maximum Gasteiger partial charge on any atom is 0.256 e. The van der Waals surface area contributed by atoms with Crippen LogP contribution in [0.2, 0.25) is 0 Å². The van der Waals surface area contributed by atoms with Gasteiger partial charge in [0.2, 0.25) is 0 Å². The van der Waals surface area contributed by atoms with Crippen LogP contribution in [-0.4, -0.2) is 18.0 Å². The molecule has 2 aromatic carbocycles. The Morgan fingerprint density at radius 1 is 1.11 bits per heavy atom. The van der Waals surface area contributed by atoms with Crippen LogP contribution in [0.5, 0.6) is 5.75 Å². The van der Waals surface area contributed by atoms with Crippen molar-refractivity contribution in [1.29, 1.82) is 0 Å². The minimum Gasteiger partial charge on any atom is -0.497 e. The summed E-state index contributed by atoms with van der Waals surface area (Å²) in [5.74, 6) is 0.906.